The molecule has 4 heterocycles. The van der Waals surface area contributed by atoms with Gasteiger partial charge in [-0.1, -0.05) is 0 Å². The van der Waals surface area contributed by atoms with Gasteiger partial charge in [-0.2, -0.15) is 4.52 Å². The largest absolute Gasteiger partial charge is 0.376 e. The number of carbonyl (C=O) groups excluding carboxylic acids is 1. The van der Waals surface area contributed by atoms with Crippen LogP contribution in [0.1, 0.15) is 25.7 Å². The van der Waals surface area contributed by atoms with Crippen molar-refractivity contribution in [3.05, 3.63) is 18.5 Å². The Morgan fingerprint density at radius 3 is 2.96 bits per heavy atom. The Labute approximate surface area is 140 Å². The Morgan fingerprint density at radius 1 is 1.29 bits per heavy atom. The molecule has 0 saturated carbocycles. The van der Waals surface area contributed by atoms with E-state index in [1.807, 2.05) is 12.1 Å². The van der Waals surface area contributed by atoms with E-state index in [9.17, 15) is 4.79 Å². The van der Waals surface area contributed by atoms with E-state index >= 15 is 0 Å². The van der Waals surface area contributed by atoms with E-state index < -0.39 is 0 Å². The topological polar surface area (TPSA) is 84.6 Å². The number of rotatable bonds is 4. The first-order valence-corrected chi connectivity index (χ1v) is 8.61. The van der Waals surface area contributed by atoms with Gasteiger partial charge in [0.25, 0.3) is 0 Å². The summed E-state index contributed by atoms with van der Waals surface area (Å²) < 4.78 is 7.23. The second kappa shape index (κ2) is 6.72. The molecule has 2 aliphatic heterocycles. The van der Waals surface area contributed by atoms with Crippen molar-refractivity contribution in [2.75, 3.05) is 31.1 Å². The van der Waals surface area contributed by atoms with Crippen molar-refractivity contribution in [2.45, 2.75) is 31.8 Å². The van der Waals surface area contributed by atoms with Crippen molar-refractivity contribution in [3.8, 4) is 0 Å². The molecule has 2 aliphatic rings. The molecule has 8 nitrogen and oxygen atoms in total. The molecule has 2 aromatic heterocycles. The maximum absolute atomic E-state index is 12.3. The predicted molar refractivity (Wildman–Crippen MR) is 87.7 cm³/mol. The summed E-state index contributed by atoms with van der Waals surface area (Å²) in [7, 11) is 0. The fourth-order valence-electron chi connectivity index (χ4n) is 3.42. The van der Waals surface area contributed by atoms with Crippen LogP contribution in [0.4, 0.5) is 5.82 Å². The van der Waals surface area contributed by atoms with Gasteiger partial charge >= 0.3 is 0 Å². The molecule has 2 saturated heterocycles. The quantitative estimate of drug-likeness (QED) is 0.885. The van der Waals surface area contributed by atoms with Gasteiger partial charge in [-0.15, -0.1) is 15.3 Å². The summed E-state index contributed by atoms with van der Waals surface area (Å²) >= 11 is 0. The number of carbonyl (C=O) groups is 1. The number of hydrogen-bond donors (Lipinski definition) is 1. The highest BCUT2D eigenvalue weighted by Gasteiger charge is 2.26. The van der Waals surface area contributed by atoms with E-state index in [1.165, 1.54) is 0 Å². The monoisotopic (exact) mass is 330 g/mol. The molecule has 2 aromatic rings. The van der Waals surface area contributed by atoms with Crippen molar-refractivity contribution >= 4 is 17.4 Å². The van der Waals surface area contributed by atoms with Crippen molar-refractivity contribution in [1.82, 2.24) is 25.1 Å². The normalized spacial score (nSPS) is 22.2. The lowest BCUT2D eigenvalue weighted by Crippen LogP contribution is -2.42. The highest BCUT2D eigenvalue weighted by molar-refractivity contribution is 5.79. The lowest BCUT2D eigenvalue weighted by molar-refractivity contribution is -0.126. The number of fused-ring (bicyclic) bond motifs is 1. The fraction of sp³-hybridized carbons (Fsp3) is 0.625. The van der Waals surface area contributed by atoms with Gasteiger partial charge in [0, 0.05) is 32.2 Å². The molecule has 4 rings (SSSR count). The zero-order valence-electron chi connectivity index (χ0n) is 13.6. The SMILES string of the molecule is O=C(NC[C@H]1CCCO1)C1CCN(c2ccc3nncn3n2)CC1. The molecule has 1 amide bonds. The summed E-state index contributed by atoms with van der Waals surface area (Å²) in [4.78, 5) is 14.5. The lowest BCUT2D eigenvalue weighted by atomic mass is 9.96. The number of piperidine rings is 1. The first kappa shape index (κ1) is 15.3. The number of nitrogens with one attached hydrogen (secondary N) is 1. The second-order valence-electron chi connectivity index (χ2n) is 6.47. The summed E-state index contributed by atoms with van der Waals surface area (Å²) in [5.41, 5.74) is 0.738. The Hall–Kier alpha value is -2.22. The third-order valence-corrected chi connectivity index (χ3v) is 4.87. The maximum atomic E-state index is 12.3. The molecular formula is C16H22N6O2. The number of amides is 1. The van der Waals surface area contributed by atoms with Gasteiger partial charge in [0.05, 0.1) is 6.10 Å². The van der Waals surface area contributed by atoms with Crippen LogP contribution in [-0.4, -0.2) is 58.1 Å². The molecule has 1 N–H and O–H groups in total. The van der Waals surface area contributed by atoms with Gasteiger partial charge in [0.15, 0.2) is 5.65 Å². The minimum Gasteiger partial charge on any atom is -0.376 e. The van der Waals surface area contributed by atoms with E-state index in [0.717, 1.165) is 56.8 Å². The Kier molecular flexibility index (Phi) is 4.29. The van der Waals surface area contributed by atoms with Gasteiger partial charge in [0.2, 0.25) is 5.91 Å². The Balaban J connectivity index is 1.30. The van der Waals surface area contributed by atoms with E-state index in [2.05, 4.69) is 25.5 Å². The Morgan fingerprint density at radius 2 is 2.17 bits per heavy atom. The van der Waals surface area contributed by atoms with Gasteiger partial charge < -0.3 is 15.0 Å². The molecule has 0 aliphatic carbocycles. The maximum Gasteiger partial charge on any atom is 0.223 e. The molecule has 24 heavy (non-hydrogen) atoms. The number of aromatic nitrogens is 4. The van der Waals surface area contributed by atoms with Crippen LogP contribution in [0, 0.1) is 5.92 Å². The molecule has 2 fully saturated rings. The van der Waals surface area contributed by atoms with Crippen molar-refractivity contribution in [2.24, 2.45) is 5.92 Å². The standard InChI is InChI=1S/C16H22N6O2/c23-16(17-10-13-2-1-9-24-13)12-5-7-21(8-6-12)15-4-3-14-19-18-11-22(14)20-15/h3-4,11-13H,1-2,5-10H2,(H,17,23)/t13-/m1/s1. The van der Waals surface area contributed by atoms with Crippen LogP contribution in [0.3, 0.4) is 0 Å². The van der Waals surface area contributed by atoms with Crippen molar-refractivity contribution < 1.29 is 9.53 Å². The zero-order chi connectivity index (χ0) is 16.4. The van der Waals surface area contributed by atoms with Crippen LogP contribution in [0.5, 0.6) is 0 Å². The van der Waals surface area contributed by atoms with Crippen LogP contribution >= 0.6 is 0 Å². The summed E-state index contributed by atoms with van der Waals surface area (Å²) in [6.45, 7) is 3.13. The number of anilines is 1. The molecule has 0 radical (unpaired) electrons. The highest BCUT2D eigenvalue weighted by atomic mass is 16.5. The first-order valence-electron chi connectivity index (χ1n) is 8.61. The van der Waals surface area contributed by atoms with Crippen molar-refractivity contribution in [3.63, 3.8) is 0 Å². The van der Waals surface area contributed by atoms with Crippen LogP contribution in [0.15, 0.2) is 18.5 Å². The van der Waals surface area contributed by atoms with E-state index in [4.69, 9.17) is 4.74 Å². The average Bonchev–Trinajstić information content (AvgIpc) is 3.30. The zero-order valence-corrected chi connectivity index (χ0v) is 13.6. The summed E-state index contributed by atoms with van der Waals surface area (Å²) in [5, 5.41) is 15.4. The van der Waals surface area contributed by atoms with Gasteiger partial charge in [-0.25, -0.2) is 0 Å². The summed E-state index contributed by atoms with van der Waals surface area (Å²) in [6.07, 6.45) is 5.65. The van der Waals surface area contributed by atoms with Gasteiger partial charge in [-0.3, -0.25) is 4.79 Å². The molecule has 0 unspecified atom stereocenters. The predicted octanol–water partition coefficient (Wildman–Crippen LogP) is 0.636. The molecule has 1 atom stereocenters. The third-order valence-electron chi connectivity index (χ3n) is 4.87. The smallest absolute Gasteiger partial charge is 0.223 e. The molecule has 0 bridgehead atoms. The third kappa shape index (κ3) is 3.19. The van der Waals surface area contributed by atoms with Gasteiger partial charge in [0.1, 0.15) is 12.1 Å². The van der Waals surface area contributed by atoms with E-state index in [1.54, 1.807) is 10.8 Å². The van der Waals surface area contributed by atoms with E-state index in [-0.39, 0.29) is 17.9 Å². The summed E-state index contributed by atoms with van der Waals surface area (Å²) in [5.74, 6) is 1.15. The number of hydrogen-bond acceptors (Lipinski definition) is 6. The van der Waals surface area contributed by atoms with Crippen LogP contribution in [0.2, 0.25) is 0 Å². The van der Waals surface area contributed by atoms with Crippen LogP contribution < -0.4 is 10.2 Å². The molecule has 8 heteroatoms. The highest BCUT2D eigenvalue weighted by Crippen LogP contribution is 2.22. The molecule has 0 aromatic carbocycles. The average molecular weight is 330 g/mol. The number of ether oxygens (including phenoxy) is 1. The van der Waals surface area contributed by atoms with Crippen LogP contribution in [-0.2, 0) is 9.53 Å². The lowest BCUT2D eigenvalue weighted by Gasteiger charge is -2.32. The minimum atomic E-state index is 0.0845. The van der Waals surface area contributed by atoms with E-state index in [0.29, 0.717) is 6.54 Å². The first-order chi connectivity index (χ1) is 11.8. The molecular weight excluding hydrogens is 308 g/mol. The van der Waals surface area contributed by atoms with Gasteiger partial charge in [-0.05, 0) is 37.8 Å². The molecule has 0 spiro atoms. The van der Waals surface area contributed by atoms with Crippen LogP contribution in [0.25, 0.3) is 5.65 Å². The Bertz CT molecular complexity index is 703. The van der Waals surface area contributed by atoms with Crippen molar-refractivity contribution in [1.29, 1.82) is 0 Å². The number of nitrogens with zero attached hydrogens (tertiary/aromatic N) is 5. The minimum absolute atomic E-state index is 0.0845. The second-order valence-corrected chi connectivity index (χ2v) is 6.47. The molecule has 128 valence electrons. The fourth-order valence-corrected chi connectivity index (χ4v) is 3.42. The summed E-state index contributed by atoms with van der Waals surface area (Å²) in [6, 6.07) is 3.87.